The van der Waals surface area contributed by atoms with E-state index in [0.717, 1.165) is 11.4 Å². The van der Waals surface area contributed by atoms with Gasteiger partial charge in [-0.25, -0.2) is 19.7 Å². The molecule has 2 amide bonds. The lowest BCUT2D eigenvalue weighted by molar-refractivity contribution is 0.262. The Morgan fingerprint density at radius 3 is 2.48 bits per heavy atom. The van der Waals surface area contributed by atoms with E-state index in [1.165, 1.54) is 13.4 Å². The topological polar surface area (TPSA) is 103 Å². The summed E-state index contributed by atoms with van der Waals surface area (Å²) in [6, 6.07) is 13.2. The minimum absolute atomic E-state index is 0.386. The van der Waals surface area contributed by atoms with Gasteiger partial charge in [0.15, 0.2) is 0 Å². The first-order valence-corrected chi connectivity index (χ1v) is 10.3. The number of hydrogen-bond donors (Lipinski definition) is 2. The van der Waals surface area contributed by atoms with Crippen LogP contribution in [-0.2, 0) is 0 Å². The highest BCUT2D eigenvalue weighted by Gasteiger charge is 2.10. The summed E-state index contributed by atoms with van der Waals surface area (Å²) < 4.78 is 12.9. The number of carbonyl (C=O) groups is 1. The van der Waals surface area contributed by atoms with Gasteiger partial charge in [0, 0.05) is 22.5 Å². The number of nitrogens with one attached hydrogen (secondary N) is 2. The fraction of sp³-hybridized carbons (Fsp3) is 0.130. The molecule has 2 aromatic carbocycles. The molecule has 0 fully saturated rings. The van der Waals surface area contributed by atoms with Crippen LogP contribution in [0.2, 0.25) is 5.02 Å². The third kappa shape index (κ3) is 5.21. The van der Waals surface area contributed by atoms with Crippen LogP contribution in [-0.4, -0.2) is 32.7 Å². The van der Waals surface area contributed by atoms with Crippen molar-refractivity contribution < 1.29 is 14.3 Å². The second kappa shape index (κ2) is 9.58. The summed E-state index contributed by atoms with van der Waals surface area (Å²) >= 11 is 6.00. The van der Waals surface area contributed by atoms with E-state index >= 15 is 0 Å². The van der Waals surface area contributed by atoms with Gasteiger partial charge in [0.25, 0.3) is 0 Å². The smallest absolute Gasteiger partial charge is 0.323 e. The largest absolute Gasteiger partial charge is 0.495 e. The monoisotopic (exact) mass is 464 g/mol. The Morgan fingerprint density at radius 2 is 1.79 bits per heavy atom. The summed E-state index contributed by atoms with van der Waals surface area (Å²) in [7, 11) is 1.52. The number of carbonyl (C=O) groups excluding carboxylic acids is 1. The maximum Gasteiger partial charge on any atom is 0.323 e. The Morgan fingerprint density at radius 1 is 1.00 bits per heavy atom. The Balaban J connectivity index is 1.41. The van der Waals surface area contributed by atoms with Crippen molar-refractivity contribution in [1.29, 1.82) is 0 Å². The van der Waals surface area contributed by atoms with E-state index in [4.69, 9.17) is 21.1 Å². The Kier molecular flexibility index (Phi) is 6.41. The van der Waals surface area contributed by atoms with Gasteiger partial charge in [-0.1, -0.05) is 11.6 Å². The van der Waals surface area contributed by atoms with E-state index in [1.54, 1.807) is 54.9 Å². The number of aryl methyl sites for hydroxylation is 1. The van der Waals surface area contributed by atoms with E-state index in [9.17, 15) is 4.79 Å². The van der Waals surface area contributed by atoms with Crippen LogP contribution in [0.1, 0.15) is 11.4 Å². The Labute approximate surface area is 195 Å². The van der Waals surface area contributed by atoms with Crippen LogP contribution in [0.3, 0.4) is 0 Å². The number of hydrogen-bond acceptors (Lipinski definition) is 6. The number of ether oxygens (including phenoxy) is 2. The van der Waals surface area contributed by atoms with Crippen molar-refractivity contribution in [2.24, 2.45) is 0 Å². The van der Waals surface area contributed by atoms with Crippen LogP contribution in [0.4, 0.5) is 16.2 Å². The van der Waals surface area contributed by atoms with Gasteiger partial charge < -0.3 is 20.1 Å². The highest BCUT2D eigenvalue weighted by atomic mass is 35.5. The fourth-order valence-electron chi connectivity index (χ4n) is 3.04. The summed E-state index contributed by atoms with van der Waals surface area (Å²) in [6.45, 7) is 3.90. The summed E-state index contributed by atoms with van der Waals surface area (Å²) in [4.78, 5) is 25.1. The van der Waals surface area contributed by atoms with Crippen LogP contribution in [0.5, 0.6) is 17.4 Å². The van der Waals surface area contributed by atoms with Crippen LogP contribution >= 0.6 is 11.6 Å². The molecule has 0 radical (unpaired) electrons. The van der Waals surface area contributed by atoms with Gasteiger partial charge in [-0.2, -0.15) is 0 Å². The Hall–Kier alpha value is -4.11. The van der Waals surface area contributed by atoms with Crippen LogP contribution in [0.25, 0.3) is 5.82 Å². The lowest BCUT2D eigenvalue weighted by atomic mass is 10.3. The van der Waals surface area contributed by atoms with Crippen molar-refractivity contribution in [3.8, 4) is 23.2 Å². The van der Waals surface area contributed by atoms with Gasteiger partial charge >= 0.3 is 6.03 Å². The van der Waals surface area contributed by atoms with E-state index in [2.05, 4.69) is 25.6 Å². The molecule has 10 heteroatoms. The van der Waals surface area contributed by atoms with Gasteiger partial charge in [0.05, 0.1) is 18.5 Å². The standard InChI is InChI=1S/C23H21ClN6O3/c1-14-15(2)30(13-27-14)21-11-22(26-12-25-21)33-18-7-5-17(6-8-18)28-23(31)29-19-10-16(24)4-9-20(19)32-3/h4-13H,1-3H3,(H2,28,29,31). The normalized spacial score (nSPS) is 10.5. The average molecular weight is 465 g/mol. The molecule has 0 aliphatic rings. The minimum atomic E-state index is -0.435. The number of imidazole rings is 1. The quantitative estimate of drug-likeness (QED) is 0.397. The fourth-order valence-corrected chi connectivity index (χ4v) is 3.21. The lowest BCUT2D eigenvalue weighted by Crippen LogP contribution is -2.19. The third-order valence-electron chi connectivity index (χ3n) is 4.87. The van der Waals surface area contributed by atoms with E-state index < -0.39 is 6.03 Å². The highest BCUT2D eigenvalue weighted by molar-refractivity contribution is 6.31. The summed E-state index contributed by atoms with van der Waals surface area (Å²) in [5.41, 5.74) is 2.96. The van der Waals surface area contributed by atoms with Crippen LogP contribution in [0.15, 0.2) is 61.2 Å². The molecule has 0 aliphatic carbocycles. The minimum Gasteiger partial charge on any atom is -0.495 e. The summed E-state index contributed by atoms with van der Waals surface area (Å²) in [5, 5.41) is 5.95. The SMILES string of the molecule is COc1ccc(Cl)cc1NC(=O)Nc1ccc(Oc2cc(-n3cnc(C)c3C)ncn2)cc1. The first-order valence-electron chi connectivity index (χ1n) is 9.95. The predicted molar refractivity (Wildman–Crippen MR) is 126 cm³/mol. The van der Waals surface area contributed by atoms with Crippen molar-refractivity contribution in [3.63, 3.8) is 0 Å². The number of nitrogens with zero attached hydrogens (tertiary/aromatic N) is 4. The molecule has 0 saturated carbocycles. The molecule has 0 saturated heterocycles. The third-order valence-corrected chi connectivity index (χ3v) is 5.11. The summed E-state index contributed by atoms with van der Waals surface area (Å²) in [6.07, 6.45) is 3.14. The maximum absolute atomic E-state index is 12.4. The number of anilines is 2. The molecule has 168 valence electrons. The molecule has 2 aromatic heterocycles. The van der Waals surface area contributed by atoms with Crippen molar-refractivity contribution >= 4 is 29.0 Å². The first-order chi connectivity index (χ1) is 15.9. The van der Waals surface area contributed by atoms with Gasteiger partial charge in [0.1, 0.15) is 30.0 Å². The first kappa shape index (κ1) is 22.1. The molecule has 9 nitrogen and oxygen atoms in total. The van der Waals surface area contributed by atoms with Crippen molar-refractivity contribution in [2.45, 2.75) is 13.8 Å². The van der Waals surface area contributed by atoms with Crippen LogP contribution < -0.4 is 20.1 Å². The van der Waals surface area contributed by atoms with Gasteiger partial charge in [-0.05, 0) is 56.3 Å². The summed E-state index contributed by atoms with van der Waals surface area (Å²) in [5.74, 6) is 2.10. The van der Waals surface area contributed by atoms with Gasteiger partial charge in [-0.15, -0.1) is 0 Å². The van der Waals surface area contributed by atoms with E-state index in [0.29, 0.717) is 39.6 Å². The number of aromatic nitrogens is 4. The average Bonchev–Trinajstić information content (AvgIpc) is 3.14. The zero-order valence-corrected chi connectivity index (χ0v) is 18.9. The molecule has 0 unspecified atom stereocenters. The zero-order valence-electron chi connectivity index (χ0n) is 18.2. The number of urea groups is 1. The van der Waals surface area contributed by atoms with Gasteiger partial charge in [0.2, 0.25) is 5.88 Å². The lowest BCUT2D eigenvalue weighted by Gasteiger charge is -2.12. The Bertz CT molecular complexity index is 1290. The molecule has 0 atom stereocenters. The second-order valence-electron chi connectivity index (χ2n) is 7.05. The number of benzene rings is 2. The van der Waals surface area contributed by atoms with Crippen molar-refractivity contribution in [2.75, 3.05) is 17.7 Å². The van der Waals surface area contributed by atoms with Crippen molar-refractivity contribution in [1.82, 2.24) is 19.5 Å². The second-order valence-corrected chi connectivity index (χ2v) is 7.49. The molecular weight excluding hydrogens is 444 g/mol. The van der Waals surface area contributed by atoms with Crippen LogP contribution in [0, 0.1) is 13.8 Å². The molecule has 4 rings (SSSR count). The predicted octanol–water partition coefficient (Wildman–Crippen LogP) is 5.38. The zero-order chi connectivity index (χ0) is 23.4. The molecular formula is C23H21ClN6O3. The maximum atomic E-state index is 12.4. The molecule has 2 N–H and O–H groups in total. The van der Waals surface area contributed by atoms with Gasteiger partial charge in [-0.3, -0.25) is 4.57 Å². The van der Waals surface area contributed by atoms with E-state index in [1.807, 2.05) is 18.4 Å². The molecule has 0 bridgehead atoms. The molecule has 33 heavy (non-hydrogen) atoms. The molecule has 2 heterocycles. The van der Waals surface area contributed by atoms with E-state index in [-0.39, 0.29) is 0 Å². The number of rotatable bonds is 6. The molecule has 0 aliphatic heterocycles. The molecule has 0 spiro atoms. The molecule has 4 aromatic rings. The number of halogens is 1. The highest BCUT2D eigenvalue weighted by Crippen LogP contribution is 2.28. The van der Waals surface area contributed by atoms with Crippen molar-refractivity contribution in [3.05, 3.63) is 77.6 Å². The number of amides is 2. The number of methoxy groups -OCH3 is 1.